The standard InChI is InChI=1S/C21H23ClN4O3/c1-13-6-4-9-17(23-13)24-18(27)12-25(2)21(29)16-11-19(28)26(3)20(16)14-7-5-8-15(22)10-14/h4-10,16,20H,11-12H2,1-3H3,(H,23,24,27). The van der Waals surface area contributed by atoms with Crippen molar-refractivity contribution < 1.29 is 14.4 Å². The lowest BCUT2D eigenvalue weighted by molar-refractivity contribution is -0.137. The van der Waals surface area contributed by atoms with Crippen molar-refractivity contribution in [3.63, 3.8) is 0 Å². The zero-order valence-electron chi connectivity index (χ0n) is 16.6. The van der Waals surface area contributed by atoms with Crippen LogP contribution in [0.4, 0.5) is 5.82 Å². The fourth-order valence-corrected chi connectivity index (χ4v) is 3.81. The van der Waals surface area contributed by atoms with Crippen LogP contribution in [-0.2, 0) is 14.4 Å². The zero-order chi connectivity index (χ0) is 21.1. The lowest BCUT2D eigenvalue weighted by Crippen LogP contribution is -2.40. The SMILES string of the molecule is Cc1cccc(NC(=O)CN(C)C(=O)C2CC(=O)N(C)C2c2cccc(Cl)c2)n1. The molecule has 2 atom stereocenters. The van der Waals surface area contributed by atoms with E-state index in [4.69, 9.17) is 11.6 Å². The van der Waals surface area contributed by atoms with Crippen molar-refractivity contribution in [2.24, 2.45) is 5.92 Å². The molecule has 1 aliphatic heterocycles. The maximum Gasteiger partial charge on any atom is 0.245 e. The molecular weight excluding hydrogens is 392 g/mol. The van der Waals surface area contributed by atoms with Crippen LogP contribution in [0.2, 0.25) is 5.02 Å². The monoisotopic (exact) mass is 414 g/mol. The van der Waals surface area contributed by atoms with Crippen molar-refractivity contribution in [2.45, 2.75) is 19.4 Å². The number of carbonyl (C=O) groups is 3. The molecule has 1 aromatic carbocycles. The molecule has 1 saturated heterocycles. The predicted molar refractivity (Wildman–Crippen MR) is 110 cm³/mol. The van der Waals surface area contributed by atoms with Crippen molar-refractivity contribution in [1.29, 1.82) is 0 Å². The number of aryl methyl sites for hydroxylation is 1. The minimum Gasteiger partial charge on any atom is -0.338 e. The number of carbonyl (C=O) groups excluding carboxylic acids is 3. The van der Waals surface area contributed by atoms with Gasteiger partial charge in [-0.3, -0.25) is 14.4 Å². The average molecular weight is 415 g/mol. The van der Waals surface area contributed by atoms with Gasteiger partial charge in [-0.15, -0.1) is 0 Å². The summed E-state index contributed by atoms with van der Waals surface area (Å²) in [6.45, 7) is 1.69. The Bertz CT molecular complexity index is 949. The molecule has 1 aliphatic rings. The first-order chi connectivity index (χ1) is 13.8. The zero-order valence-corrected chi connectivity index (χ0v) is 17.3. The highest BCUT2D eigenvalue weighted by molar-refractivity contribution is 6.30. The van der Waals surface area contributed by atoms with Crippen molar-refractivity contribution >= 4 is 35.1 Å². The van der Waals surface area contributed by atoms with Gasteiger partial charge in [0.25, 0.3) is 0 Å². The normalized spacial score (nSPS) is 18.6. The lowest BCUT2D eigenvalue weighted by atomic mass is 9.92. The van der Waals surface area contributed by atoms with Gasteiger partial charge in [-0.2, -0.15) is 0 Å². The molecular formula is C21H23ClN4O3. The number of rotatable bonds is 5. The molecule has 2 heterocycles. The van der Waals surface area contributed by atoms with Crippen LogP contribution in [0.3, 0.4) is 0 Å². The Morgan fingerprint density at radius 2 is 2.00 bits per heavy atom. The summed E-state index contributed by atoms with van der Waals surface area (Å²) in [5.74, 6) is -0.879. The van der Waals surface area contributed by atoms with E-state index in [0.29, 0.717) is 10.8 Å². The highest BCUT2D eigenvalue weighted by Gasteiger charge is 2.43. The number of likely N-dealkylation sites (tertiary alicyclic amines) is 1. The van der Waals surface area contributed by atoms with Gasteiger partial charge in [0.05, 0.1) is 18.5 Å². The van der Waals surface area contributed by atoms with Crippen LogP contribution in [0.5, 0.6) is 0 Å². The fourth-order valence-electron chi connectivity index (χ4n) is 3.61. The van der Waals surface area contributed by atoms with Crippen molar-refractivity contribution in [1.82, 2.24) is 14.8 Å². The lowest BCUT2D eigenvalue weighted by Gasteiger charge is -2.28. The molecule has 3 rings (SSSR count). The fraction of sp³-hybridized carbons (Fsp3) is 0.333. The van der Waals surface area contributed by atoms with Crippen LogP contribution in [-0.4, -0.2) is 53.1 Å². The number of hydrogen-bond donors (Lipinski definition) is 1. The Morgan fingerprint density at radius 1 is 1.28 bits per heavy atom. The first kappa shape index (κ1) is 20.8. The number of pyridine rings is 1. The maximum absolute atomic E-state index is 13.1. The van der Waals surface area contributed by atoms with E-state index in [1.165, 1.54) is 4.90 Å². The number of nitrogens with one attached hydrogen (secondary N) is 1. The quantitative estimate of drug-likeness (QED) is 0.815. The number of aromatic nitrogens is 1. The van der Waals surface area contributed by atoms with Crippen LogP contribution in [0.25, 0.3) is 0 Å². The number of halogens is 1. The average Bonchev–Trinajstić information content (AvgIpc) is 2.95. The summed E-state index contributed by atoms with van der Waals surface area (Å²) in [5.41, 5.74) is 1.58. The summed E-state index contributed by atoms with van der Waals surface area (Å²) < 4.78 is 0. The molecule has 0 bridgehead atoms. The molecule has 1 fully saturated rings. The molecule has 2 unspecified atom stereocenters. The summed E-state index contributed by atoms with van der Waals surface area (Å²) in [6, 6.07) is 12.0. The van der Waals surface area contributed by atoms with Gasteiger partial charge in [0.1, 0.15) is 5.82 Å². The molecule has 1 N–H and O–H groups in total. The summed E-state index contributed by atoms with van der Waals surface area (Å²) in [5, 5.41) is 3.23. The van der Waals surface area contributed by atoms with Crippen molar-refractivity contribution in [2.75, 3.05) is 26.0 Å². The smallest absolute Gasteiger partial charge is 0.245 e. The first-order valence-corrected chi connectivity index (χ1v) is 9.63. The van der Waals surface area contributed by atoms with Crippen molar-refractivity contribution in [3.8, 4) is 0 Å². The van der Waals surface area contributed by atoms with E-state index in [1.807, 2.05) is 19.1 Å². The Kier molecular flexibility index (Phi) is 6.17. The molecule has 0 spiro atoms. The van der Waals surface area contributed by atoms with Crippen molar-refractivity contribution in [3.05, 3.63) is 58.7 Å². The number of likely N-dealkylation sites (N-methyl/N-ethyl adjacent to an activating group) is 1. The number of nitrogens with zero attached hydrogens (tertiary/aromatic N) is 3. The molecule has 7 nitrogen and oxygen atoms in total. The summed E-state index contributed by atoms with van der Waals surface area (Å²) in [4.78, 5) is 44.9. The van der Waals surface area contributed by atoms with Crippen LogP contribution in [0, 0.1) is 12.8 Å². The molecule has 0 radical (unpaired) electrons. The van der Waals surface area contributed by atoms with E-state index in [1.54, 1.807) is 49.3 Å². The van der Waals surface area contributed by atoms with E-state index in [9.17, 15) is 14.4 Å². The van der Waals surface area contributed by atoms with E-state index >= 15 is 0 Å². The van der Waals surface area contributed by atoms with Gasteiger partial charge in [0.2, 0.25) is 17.7 Å². The molecule has 2 aromatic rings. The van der Waals surface area contributed by atoms with Gasteiger partial charge in [0.15, 0.2) is 0 Å². The number of amides is 3. The van der Waals surface area contributed by atoms with Gasteiger partial charge < -0.3 is 15.1 Å². The number of hydrogen-bond acceptors (Lipinski definition) is 4. The Balaban J connectivity index is 1.71. The van der Waals surface area contributed by atoms with Gasteiger partial charge in [-0.1, -0.05) is 29.8 Å². The molecule has 8 heteroatoms. The Labute approximate surface area is 174 Å². The number of anilines is 1. The highest BCUT2D eigenvalue weighted by atomic mass is 35.5. The van der Waals surface area contributed by atoms with Gasteiger partial charge in [-0.05, 0) is 36.8 Å². The molecule has 152 valence electrons. The summed E-state index contributed by atoms with van der Waals surface area (Å²) in [6.07, 6.45) is 0.0951. The summed E-state index contributed by atoms with van der Waals surface area (Å²) in [7, 11) is 3.24. The third-order valence-electron chi connectivity index (χ3n) is 5.01. The van der Waals surface area contributed by atoms with Gasteiger partial charge in [-0.25, -0.2) is 4.98 Å². The third kappa shape index (κ3) is 4.74. The van der Waals surface area contributed by atoms with Gasteiger partial charge >= 0.3 is 0 Å². The van der Waals surface area contributed by atoms with Crippen LogP contribution < -0.4 is 5.32 Å². The van der Waals surface area contributed by atoms with E-state index in [2.05, 4.69) is 10.3 Å². The molecule has 0 aliphatic carbocycles. The second kappa shape index (κ2) is 8.61. The topological polar surface area (TPSA) is 82.6 Å². The highest BCUT2D eigenvalue weighted by Crippen LogP contribution is 2.38. The summed E-state index contributed by atoms with van der Waals surface area (Å²) >= 11 is 6.10. The maximum atomic E-state index is 13.1. The van der Waals surface area contributed by atoms with Crippen LogP contribution in [0.15, 0.2) is 42.5 Å². The minimum atomic E-state index is -0.583. The number of benzene rings is 1. The molecule has 29 heavy (non-hydrogen) atoms. The van der Waals surface area contributed by atoms with E-state index in [-0.39, 0.29) is 30.7 Å². The van der Waals surface area contributed by atoms with Gasteiger partial charge in [0, 0.05) is 31.2 Å². The molecule has 3 amide bonds. The Morgan fingerprint density at radius 3 is 2.69 bits per heavy atom. The minimum absolute atomic E-state index is 0.0951. The predicted octanol–water partition coefficient (Wildman–Crippen LogP) is 2.66. The molecule has 1 aromatic heterocycles. The van der Waals surface area contributed by atoms with Crippen LogP contribution >= 0.6 is 11.6 Å². The van der Waals surface area contributed by atoms with E-state index < -0.39 is 12.0 Å². The second-order valence-corrected chi connectivity index (χ2v) is 7.66. The first-order valence-electron chi connectivity index (χ1n) is 9.26. The second-order valence-electron chi connectivity index (χ2n) is 7.22. The third-order valence-corrected chi connectivity index (χ3v) is 5.24. The molecule has 0 saturated carbocycles. The van der Waals surface area contributed by atoms with Crippen LogP contribution in [0.1, 0.15) is 23.7 Å². The van der Waals surface area contributed by atoms with E-state index in [0.717, 1.165) is 11.3 Å². The largest absolute Gasteiger partial charge is 0.338 e. The Hall–Kier alpha value is -2.93.